The Labute approximate surface area is 240 Å². The van der Waals surface area contributed by atoms with Gasteiger partial charge in [-0.25, -0.2) is 28.1 Å². The summed E-state index contributed by atoms with van der Waals surface area (Å²) in [4.78, 5) is 39.1. The molecule has 1 amide bonds. The zero-order valence-corrected chi connectivity index (χ0v) is 23.1. The first-order chi connectivity index (χ1) is 20.3. The molecule has 12 heteroatoms. The summed E-state index contributed by atoms with van der Waals surface area (Å²) in [5.74, 6) is -3.21. The van der Waals surface area contributed by atoms with Crippen LogP contribution in [0.1, 0.15) is 71.3 Å². The number of amides is 1. The van der Waals surface area contributed by atoms with E-state index in [9.17, 15) is 23.2 Å². The molecule has 0 unspecified atom stereocenters. The Morgan fingerprint density at radius 2 is 1.60 bits per heavy atom. The van der Waals surface area contributed by atoms with Crippen molar-refractivity contribution in [3.05, 3.63) is 88.3 Å². The van der Waals surface area contributed by atoms with Gasteiger partial charge in [0.05, 0.1) is 25.0 Å². The number of hydrogen-bond donors (Lipinski definition) is 0. The van der Waals surface area contributed by atoms with Gasteiger partial charge in [0.15, 0.2) is 5.69 Å². The van der Waals surface area contributed by atoms with Crippen molar-refractivity contribution in [2.75, 3.05) is 13.2 Å². The average molecular weight is 578 g/mol. The molecule has 0 saturated heterocycles. The first-order valence-electron chi connectivity index (χ1n) is 13.7. The van der Waals surface area contributed by atoms with E-state index in [0.717, 1.165) is 28.7 Å². The zero-order valence-electron chi connectivity index (χ0n) is 23.1. The molecule has 2 heterocycles. The number of carbonyl (C=O) groups is 3. The quantitative estimate of drug-likeness (QED) is 0.356. The number of fused-ring (bicyclic) bond motifs is 1. The van der Waals surface area contributed by atoms with Crippen LogP contribution >= 0.6 is 0 Å². The highest BCUT2D eigenvalue weighted by atomic mass is 19.1. The summed E-state index contributed by atoms with van der Waals surface area (Å²) in [5.41, 5.74) is 2.45. The summed E-state index contributed by atoms with van der Waals surface area (Å²) in [5, 5.41) is 13.8. The number of esters is 2. The molecular formula is C30H29F2N5O5. The van der Waals surface area contributed by atoms with E-state index in [1.807, 2.05) is 6.08 Å². The highest BCUT2D eigenvalue weighted by Crippen LogP contribution is 2.44. The smallest absolute Gasteiger partial charge is 0.361 e. The van der Waals surface area contributed by atoms with Crippen LogP contribution in [0.2, 0.25) is 0 Å². The summed E-state index contributed by atoms with van der Waals surface area (Å²) in [6, 6.07) is 11.4. The first kappa shape index (κ1) is 28.8. The molecule has 0 spiro atoms. The number of hydrazone groups is 1. The molecule has 1 fully saturated rings. The lowest BCUT2D eigenvalue weighted by Gasteiger charge is -2.29. The molecule has 2 atom stereocenters. The zero-order chi connectivity index (χ0) is 29.8. The second kappa shape index (κ2) is 12.4. The van der Waals surface area contributed by atoms with Crippen LogP contribution in [0.25, 0.3) is 6.08 Å². The molecule has 0 bridgehead atoms. The van der Waals surface area contributed by atoms with Gasteiger partial charge in [0.2, 0.25) is 5.69 Å². The van der Waals surface area contributed by atoms with Crippen molar-refractivity contribution in [2.45, 2.75) is 45.7 Å². The SMILES string of the molecule is CCOC(=O)c1nnn(CC(=O)N2N=C3/C(=C\c4ccc(F)cc4)CCC[C@@H]3[C@H]2c2ccc(F)cc2)c1C(=O)OCC. The van der Waals surface area contributed by atoms with Crippen LogP contribution in [0.15, 0.2) is 59.2 Å². The van der Waals surface area contributed by atoms with E-state index in [0.29, 0.717) is 17.7 Å². The minimum Gasteiger partial charge on any atom is -0.461 e. The predicted molar refractivity (Wildman–Crippen MR) is 147 cm³/mol. The van der Waals surface area contributed by atoms with Crippen LogP contribution in [0, 0.1) is 17.6 Å². The molecule has 0 radical (unpaired) electrons. The number of hydrogen-bond acceptors (Lipinski definition) is 8. The van der Waals surface area contributed by atoms with Crippen molar-refractivity contribution < 1.29 is 32.6 Å². The van der Waals surface area contributed by atoms with Crippen molar-refractivity contribution in [1.82, 2.24) is 20.0 Å². The van der Waals surface area contributed by atoms with Crippen LogP contribution in [0.5, 0.6) is 0 Å². The number of allylic oxidation sites excluding steroid dienone is 1. The van der Waals surface area contributed by atoms with E-state index in [1.165, 1.54) is 29.3 Å². The average Bonchev–Trinajstić information content (AvgIpc) is 3.58. The Balaban J connectivity index is 1.52. The third-order valence-electron chi connectivity index (χ3n) is 7.14. The fraction of sp³-hybridized carbons (Fsp3) is 0.333. The molecule has 42 heavy (non-hydrogen) atoms. The number of nitrogens with zero attached hydrogens (tertiary/aromatic N) is 5. The third-order valence-corrected chi connectivity index (χ3v) is 7.14. The Morgan fingerprint density at radius 1 is 0.952 bits per heavy atom. The minimum atomic E-state index is -0.876. The summed E-state index contributed by atoms with van der Waals surface area (Å²) in [6.07, 6.45) is 4.21. The number of ether oxygens (including phenoxy) is 2. The topological polar surface area (TPSA) is 116 Å². The minimum absolute atomic E-state index is 0.0253. The molecular weight excluding hydrogens is 548 g/mol. The maximum Gasteiger partial charge on any atom is 0.361 e. The first-order valence-corrected chi connectivity index (χ1v) is 13.7. The summed E-state index contributed by atoms with van der Waals surface area (Å²) < 4.78 is 38.4. The van der Waals surface area contributed by atoms with Gasteiger partial charge >= 0.3 is 11.9 Å². The maximum atomic E-state index is 13.9. The predicted octanol–water partition coefficient (Wildman–Crippen LogP) is 4.73. The van der Waals surface area contributed by atoms with E-state index >= 15 is 0 Å². The van der Waals surface area contributed by atoms with E-state index in [4.69, 9.17) is 14.6 Å². The van der Waals surface area contributed by atoms with Crippen molar-refractivity contribution in [3.8, 4) is 0 Å². The van der Waals surface area contributed by atoms with Gasteiger partial charge in [-0.05, 0) is 80.2 Å². The van der Waals surface area contributed by atoms with Gasteiger partial charge in [-0.1, -0.05) is 29.5 Å². The molecule has 1 aliphatic carbocycles. The number of carbonyl (C=O) groups excluding carboxylic acids is 3. The summed E-state index contributed by atoms with van der Waals surface area (Å²) >= 11 is 0. The number of rotatable bonds is 8. The summed E-state index contributed by atoms with van der Waals surface area (Å²) in [6.45, 7) is 2.81. The molecule has 2 aromatic carbocycles. The molecule has 1 saturated carbocycles. The molecule has 3 aromatic rings. The van der Waals surface area contributed by atoms with Crippen LogP contribution in [-0.4, -0.2) is 56.8 Å². The van der Waals surface area contributed by atoms with Crippen molar-refractivity contribution in [3.63, 3.8) is 0 Å². The third kappa shape index (κ3) is 5.83. The van der Waals surface area contributed by atoms with Crippen molar-refractivity contribution >= 4 is 29.6 Å². The fourth-order valence-electron chi connectivity index (χ4n) is 5.32. The van der Waals surface area contributed by atoms with Crippen LogP contribution in [0.4, 0.5) is 8.78 Å². The Kier molecular flexibility index (Phi) is 8.51. The van der Waals surface area contributed by atoms with Gasteiger partial charge in [0.25, 0.3) is 5.91 Å². The molecule has 2 aliphatic rings. The second-order valence-corrected chi connectivity index (χ2v) is 9.83. The Bertz CT molecular complexity index is 1550. The highest BCUT2D eigenvalue weighted by molar-refractivity contribution is 6.08. The molecule has 10 nitrogen and oxygen atoms in total. The molecule has 1 aromatic heterocycles. The highest BCUT2D eigenvalue weighted by Gasteiger charge is 2.44. The van der Waals surface area contributed by atoms with Gasteiger partial charge < -0.3 is 9.47 Å². The van der Waals surface area contributed by atoms with Crippen LogP contribution in [-0.2, 0) is 20.8 Å². The number of aromatic nitrogens is 3. The van der Waals surface area contributed by atoms with E-state index in [1.54, 1.807) is 38.1 Å². The lowest BCUT2D eigenvalue weighted by atomic mass is 9.77. The molecule has 5 rings (SSSR count). The lowest BCUT2D eigenvalue weighted by Crippen LogP contribution is -2.34. The normalized spacial score (nSPS) is 18.9. The van der Waals surface area contributed by atoms with Gasteiger partial charge in [0.1, 0.15) is 18.2 Å². The largest absolute Gasteiger partial charge is 0.461 e. The number of halogens is 2. The van der Waals surface area contributed by atoms with E-state index in [-0.39, 0.29) is 36.3 Å². The molecule has 1 aliphatic heterocycles. The Morgan fingerprint density at radius 3 is 2.26 bits per heavy atom. The van der Waals surface area contributed by atoms with Gasteiger partial charge in [-0.3, -0.25) is 4.79 Å². The Hall–Kier alpha value is -4.74. The fourth-order valence-corrected chi connectivity index (χ4v) is 5.32. The standard InChI is InChI=1S/C30H29F2N5O5/c1-3-41-29(39)26-28(30(40)42-4-2)36(35-33-26)17-24(38)37-27(19-10-14-22(32)15-11-19)23-7-5-6-20(25(23)34-37)16-18-8-12-21(31)13-9-18/h8-16,23,27H,3-7,17H2,1-2H3/b20-16-/t23-,27+/m0/s1. The van der Waals surface area contributed by atoms with E-state index < -0.39 is 36.2 Å². The van der Waals surface area contributed by atoms with Gasteiger partial charge in [-0.2, -0.15) is 5.10 Å². The summed E-state index contributed by atoms with van der Waals surface area (Å²) in [7, 11) is 0. The van der Waals surface area contributed by atoms with Crippen LogP contribution in [0.3, 0.4) is 0 Å². The molecule has 0 N–H and O–H groups in total. The lowest BCUT2D eigenvalue weighted by molar-refractivity contribution is -0.134. The van der Waals surface area contributed by atoms with Crippen molar-refractivity contribution in [2.24, 2.45) is 11.0 Å². The maximum absolute atomic E-state index is 13.9. The number of benzene rings is 2. The van der Waals surface area contributed by atoms with E-state index in [2.05, 4.69) is 10.3 Å². The molecule has 218 valence electrons. The second-order valence-electron chi connectivity index (χ2n) is 9.83. The van der Waals surface area contributed by atoms with Gasteiger partial charge in [-0.15, -0.1) is 5.10 Å². The van der Waals surface area contributed by atoms with Crippen molar-refractivity contribution in [1.29, 1.82) is 0 Å². The monoisotopic (exact) mass is 577 g/mol. The van der Waals surface area contributed by atoms with Crippen LogP contribution < -0.4 is 0 Å². The van der Waals surface area contributed by atoms with Gasteiger partial charge in [0, 0.05) is 5.92 Å².